The summed E-state index contributed by atoms with van der Waals surface area (Å²) in [7, 11) is 4.08. The van der Waals surface area contributed by atoms with Crippen LogP contribution in [0.5, 0.6) is 0 Å². The van der Waals surface area contributed by atoms with Gasteiger partial charge >= 0.3 is 0 Å². The largest absolute Gasteiger partial charge is 0.352 e. The molecule has 2 atom stereocenters. The first-order valence-corrected chi connectivity index (χ1v) is 9.45. The second-order valence-electron chi connectivity index (χ2n) is 7.14. The third kappa shape index (κ3) is 4.19. The molecule has 0 aliphatic carbocycles. The number of benzene rings is 2. The van der Waals surface area contributed by atoms with Gasteiger partial charge < -0.3 is 14.8 Å². The fourth-order valence-electron chi connectivity index (χ4n) is 3.33. The number of carbonyl (C=O) groups is 1. The van der Waals surface area contributed by atoms with Crippen molar-refractivity contribution in [1.82, 2.24) is 19.8 Å². The number of hydrogen-bond donors (Lipinski definition) is 1. The molecule has 2 aromatic carbocycles. The van der Waals surface area contributed by atoms with Crippen LogP contribution in [0.4, 0.5) is 0 Å². The van der Waals surface area contributed by atoms with E-state index in [4.69, 9.17) is 0 Å². The van der Waals surface area contributed by atoms with E-state index in [1.165, 1.54) is 11.1 Å². The molecule has 0 aliphatic rings. The molecular weight excluding hydrogens is 336 g/mol. The molecule has 0 bridgehead atoms. The Kier molecular flexibility index (Phi) is 5.91. The predicted molar refractivity (Wildman–Crippen MR) is 110 cm³/mol. The molecule has 0 aliphatic heterocycles. The Labute approximate surface area is 161 Å². The highest BCUT2D eigenvalue weighted by Crippen LogP contribution is 2.20. The summed E-state index contributed by atoms with van der Waals surface area (Å²) < 4.78 is 1.92. The minimum atomic E-state index is -0.317. The first-order valence-electron chi connectivity index (χ1n) is 9.45. The van der Waals surface area contributed by atoms with E-state index in [-0.39, 0.29) is 18.0 Å². The van der Waals surface area contributed by atoms with Crippen molar-refractivity contribution >= 4 is 16.9 Å². The van der Waals surface area contributed by atoms with Gasteiger partial charge in [0.15, 0.2) is 0 Å². The van der Waals surface area contributed by atoms with Gasteiger partial charge in [-0.3, -0.25) is 4.79 Å². The highest BCUT2D eigenvalue weighted by atomic mass is 16.2. The first kappa shape index (κ1) is 19.1. The van der Waals surface area contributed by atoms with Gasteiger partial charge in [0.25, 0.3) is 0 Å². The van der Waals surface area contributed by atoms with E-state index in [0.29, 0.717) is 6.54 Å². The van der Waals surface area contributed by atoms with Crippen molar-refractivity contribution in [3.63, 3.8) is 0 Å². The lowest BCUT2D eigenvalue weighted by molar-refractivity contribution is -0.124. The summed E-state index contributed by atoms with van der Waals surface area (Å²) in [6.45, 7) is 4.62. The first-order chi connectivity index (χ1) is 13.0. The van der Waals surface area contributed by atoms with Crippen molar-refractivity contribution in [2.45, 2.75) is 32.4 Å². The molecule has 0 fully saturated rings. The lowest BCUT2D eigenvalue weighted by atomic mass is 10.0. The van der Waals surface area contributed by atoms with E-state index < -0.39 is 0 Å². The van der Waals surface area contributed by atoms with Gasteiger partial charge in [0.05, 0.1) is 23.4 Å². The summed E-state index contributed by atoms with van der Waals surface area (Å²) in [5.74, 6) is -0.00446. The van der Waals surface area contributed by atoms with Crippen LogP contribution in [0, 0.1) is 0 Å². The number of amides is 1. The van der Waals surface area contributed by atoms with Gasteiger partial charge in [-0.05, 0) is 50.7 Å². The Morgan fingerprint density at radius 3 is 2.52 bits per heavy atom. The molecule has 3 rings (SSSR count). The number of nitrogens with one attached hydrogen (secondary N) is 1. The van der Waals surface area contributed by atoms with Gasteiger partial charge in [-0.15, -0.1) is 0 Å². The molecular formula is C22H28N4O. The summed E-state index contributed by atoms with van der Waals surface area (Å²) in [5.41, 5.74) is 4.40. The third-order valence-corrected chi connectivity index (χ3v) is 5.14. The Morgan fingerprint density at radius 2 is 1.85 bits per heavy atom. The lowest BCUT2D eigenvalue weighted by Crippen LogP contribution is -2.37. The van der Waals surface area contributed by atoms with E-state index in [9.17, 15) is 4.79 Å². The molecule has 142 valence electrons. The molecule has 27 heavy (non-hydrogen) atoms. The molecule has 2 unspecified atom stereocenters. The Bertz CT molecular complexity index is 898. The van der Waals surface area contributed by atoms with Gasteiger partial charge in [0.2, 0.25) is 5.91 Å². The maximum absolute atomic E-state index is 12.8. The Morgan fingerprint density at radius 1 is 1.15 bits per heavy atom. The predicted octanol–water partition coefficient (Wildman–Crippen LogP) is 3.58. The van der Waals surface area contributed by atoms with Gasteiger partial charge in [0.1, 0.15) is 6.04 Å². The highest BCUT2D eigenvalue weighted by Gasteiger charge is 2.20. The van der Waals surface area contributed by atoms with Gasteiger partial charge in [0, 0.05) is 6.54 Å². The zero-order valence-corrected chi connectivity index (χ0v) is 16.5. The second-order valence-corrected chi connectivity index (χ2v) is 7.14. The SMILES string of the molecule is CCc1ccc(C(CNC(=O)C(C)n2cnc3ccccc32)N(C)C)cc1. The van der Waals surface area contributed by atoms with Crippen LogP contribution < -0.4 is 5.32 Å². The number of nitrogens with zero attached hydrogens (tertiary/aromatic N) is 3. The third-order valence-electron chi connectivity index (χ3n) is 5.14. The molecule has 1 amide bonds. The zero-order chi connectivity index (χ0) is 19.4. The van der Waals surface area contributed by atoms with Gasteiger partial charge in [-0.1, -0.05) is 43.3 Å². The minimum Gasteiger partial charge on any atom is -0.352 e. The average molecular weight is 364 g/mol. The molecule has 5 nitrogen and oxygen atoms in total. The van der Waals surface area contributed by atoms with Gasteiger partial charge in [-0.25, -0.2) is 4.98 Å². The average Bonchev–Trinajstić information content (AvgIpc) is 3.11. The number of carbonyl (C=O) groups excluding carboxylic acids is 1. The van der Waals surface area contributed by atoms with Crippen LogP contribution in [0.25, 0.3) is 11.0 Å². The number of rotatable bonds is 7. The summed E-state index contributed by atoms with van der Waals surface area (Å²) >= 11 is 0. The molecule has 0 saturated heterocycles. The number of likely N-dealkylation sites (N-methyl/N-ethyl adjacent to an activating group) is 1. The van der Waals surface area contributed by atoms with Crippen molar-refractivity contribution in [2.75, 3.05) is 20.6 Å². The maximum Gasteiger partial charge on any atom is 0.242 e. The van der Waals surface area contributed by atoms with Crippen molar-refractivity contribution in [2.24, 2.45) is 0 Å². The highest BCUT2D eigenvalue weighted by molar-refractivity contribution is 5.83. The number of imidazole rings is 1. The topological polar surface area (TPSA) is 50.2 Å². The maximum atomic E-state index is 12.8. The van der Waals surface area contributed by atoms with Crippen LogP contribution in [-0.2, 0) is 11.2 Å². The molecule has 0 spiro atoms. The van der Waals surface area contributed by atoms with E-state index in [0.717, 1.165) is 17.5 Å². The minimum absolute atomic E-state index is 0.00446. The molecule has 0 saturated carbocycles. The summed E-state index contributed by atoms with van der Waals surface area (Å²) in [6.07, 6.45) is 2.77. The van der Waals surface area contributed by atoms with Crippen LogP contribution in [0.2, 0.25) is 0 Å². The lowest BCUT2D eigenvalue weighted by Gasteiger charge is -2.26. The smallest absolute Gasteiger partial charge is 0.242 e. The standard InChI is InChI=1S/C22H28N4O/c1-5-17-10-12-18(13-11-17)21(25(3)4)14-23-22(27)16(2)26-15-24-19-8-6-7-9-20(19)26/h6-13,15-16,21H,5,14H2,1-4H3,(H,23,27). The molecule has 1 aromatic heterocycles. The van der Waals surface area contributed by atoms with Crippen molar-refractivity contribution in [3.8, 4) is 0 Å². The summed E-state index contributed by atoms with van der Waals surface area (Å²) in [4.78, 5) is 19.3. The van der Waals surface area contributed by atoms with E-state index in [2.05, 4.69) is 46.4 Å². The summed E-state index contributed by atoms with van der Waals surface area (Å²) in [5, 5.41) is 3.11. The van der Waals surface area contributed by atoms with E-state index in [1.54, 1.807) is 6.33 Å². The van der Waals surface area contributed by atoms with Crippen LogP contribution >= 0.6 is 0 Å². The number of hydrogen-bond acceptors (Lipinski definition) is 3. The molecule has 1 heterocycles. The summed E-state index contributed by atoms with van der Waals surface area (Å²) in [6, 6.07) is 16.3. The Hall–Kier alpha value is -2.66. The van der Waals surface area contributed by atoms with Crippen LogP contribution in [0.15, 0.2) is 54.9 Å². The van der Waals surface area contributed by atoms with Crippen molar-refractivity contribution < 1.29 is 4.79 Å². The number of aryl methyl sites for hydroxylation is 1. The second kappa shape index (κ2) is 8.35. The zero-order valence-electron chi connectivity index (χ0n) is 16.5. The normalized spacial score (nSPS) is 13.7. The monoisotopic (exact) mass is 364 g/mol. The van der Waals surface area contributed by atoms with Crippen molar-refractivity contribution in [1.29, 1.82) is 0 Å². The number of aromatic nitrogens is 2. The number of fused-ring (bicyclic) bond motifs is 1. The number of para-hydroxylation sites is 2. The fourth-order valence-corrected chi connectivity index (χ4v) is 3.33. The van der Waals surface area contributed by atoms with Crippen LogP contribution in [0.3, 0.4) is 0 Å². The van der Waals surface area contributed by atoms with Crippen molar-refractivity contribution in [3.05, 3.63) is 66.0 Å². The quantitative estimate of drug-likeness (QED) is 0.697. The van der Waals surface area contributed by atoms with Gasteiger partial charge in [-0.2, -0.15) is 0 Å². The molecule has 1 N–H and O–H groups in total. The van der Waals surface area contributed by atoms with E-state index >= 15 is 0 Å². The molecule has 5 heteroatoms. The van der Waals surface area contributed by atoms with E-state index in [1.807, 2.05) is 49.9 Å². The molecule has 0 radical (unpaired) electrons. The Balaban J connectivity index is 1.70. The van der Waals surface area contributed by atoms with Crippen LogP contribution in [-0.4, -0.2) is 41.0 Å². The fraction of sp³-hybridized carbons (Fsp3) is 0.364. The van der Waals surface area contributed by atoms with Crippen LogP contribution in [0.1, 0.15) is 37.1 Å². The molecule has 3 aromatic rings.